The van der Waals surface area contributed by atoms with Crippen LogP contribution in [0.3, 0.4) is 0 Å². The third-order valence-electron chi connectivity index (χ3n) is 4.82. The van der Waals surface area contributed by atoms with Crippen LogP contribution in [0, 0.1) is 6.92 Å². The molecule has 0 N–H and O–H groups in total. The summed E-state index contributed by atoms with van der Waals surface area (Å²) in [6, 6.07) is 6.71. The first-order valence-corrected chi connectivity index (χ1v) is 9.20. The second-order valence-corrected chi connectivity index (χ2v) is 7.16. The Morgan fingerprint density at radius 3 is 2.67 bits per heavy atom. The van der Waals surface area contributed by atoms with E-state index in [-0.39, 0.29) is 0 Å². The maximum atomic E-state index is 4.58. The summed E-state index contributed by atoms with van der Waals surface area (Å²) >= 11 is 1.74. The van der Waals surface area contributed by atoms with Crippen LogP contribution in [0.15, 0.2) is 36.1 Å². The van der Waals surface area contributed by atoms with E-state index in [1.165, 1.54) is 10.6 Å². The van der Waals surface area contributed by atoms with Gasteiger partial charge in [0.1, 0.15) is 17.2 Å². The summed E-state index contributed by atoms with van der Waals surface area (Å²) in [6.45, 7) is 8.37. The maximum Gasteiger partial charge on any atom is 0.139 e. The molecular formula is C18H21N5S. The maximum absolute atomic E-state index is 4.58. The van der Waals surface area contributed by atoms with Gasteiger partial charge in [0.25, 0.3) is 0 Å². The fraction of sp³-hybridized carbons (Fsp3) is 0.389. The molecule has 2 aromatic heterocycles. The van der Waals surface area contributed by atoms with Crippen LogP contribution in [0.25, 0.3) is 10.9 Å². The number of para-hydroxylation sites is 1. The molecule has 6 heteroatoms. The molecule has 3 heterocycles. The number of hydrogen-bond acceptors (Lipinski definition) is 6. The predicted octanol–water partition coefficient (Wildman–Crippen LogP) is 3.28. The molecule has 0 aliphatic carbocycles. The SMILES string of the molecule is Cc1cccc2c(N3CCN(C(C)c4nccs4)CC3)ncnc12. The fourth-order valence-corrected chi connectivity index (χ4v) is 4.12. The first-order chi connectivity index (χ1) is 11.7. The minimum absolute atomic E-state index is 0.386. The normalized spacial score (nSPS) is 17.3. The molecule has 124 valence electrons. The van der Waals surface area contributed by atoms with Gasteiger partial charge in [0.05, 0.1) is 11.6 Å². The van der Waals surface area contributed by atoms with Crippen LogP contribution in [-0.4, -0.2) is 46.0 Å². The van der Waals surface area contributed by atoms with Crippen molar-refractivity contribution in [1.82, 2.24) is 19.9 Å². The van der Waals surface area contributed by atoms with Crippen molar-refractivity contribution in [1.29, 1.82) is 0 Å². The molecule has 24 heavy (non-hydrogen) atoms. The lowest BCUT2D eigenvalue weighted by molar-refractivity contribution is 0.198. The largest absolute Gasteiger partial charge is 0.353 e. The zero-order valence-electron chi connectivity index (χ0n) is 14.0. The zero-order chi connectivity index (χ0) is 16.5. The highest BCUT2D eigenvalue weighted by atomic mass is 32.1. The Kier molecular flexibility index (Phi) is 4.16. The van der Waals surface area contributed by atoms with E-state index in [9.17, 15) is 0 Å². The molecule has 5 nitrogen and oxygen atoms in total. The van der Waals surface area contributed by atoms with Gasteiger partial charge in [-0.15, -0.1) is 11.3 Å². The average molecular weight is 339 g/mol. The number of benzene rings is 1. The molecule has 1 saturated heterocycles. The van der Waals surface area contributed by atoms with Crippen molar-refractivity contribution in [2.75, 3.05) is 31.1 Å². The van der Waals surface area contributed by atoms with Crippen molar-refractivity contribution in [3.8, 4) is 0 Å². The molecule has 0 bridgehead atoms. The number of nitrogens with zero attached hydrogens (tertiary/aromatic N) is 5. The quantitative estimate of drug-likeness (QED) is 0.733. The highest BCUT2D eigenvalue weighted by molar-refractivity contribution is 7.09. The highest BCUT2D eigenvalue weighted by Crippen LogP contribution is 2.28. The first-order valence-electron chi connectivity index (χ1n) is 8.33. The molecule has 3 aromatic rings. The van der Waals surface area contributed by atoms with Crippen molar-refractivity contribution in [2.45, 2.75) is 19.9 Å². The summed E-state index contributed by atoms with van der Waals surface area (Å²) in [6.07, 6.45) is 3.58. The lowest BCUT2D eigenvalue weighted by Gasteiger charge is -2.38. The number of aromatic nitrogens is 3. The molecule has 0 saturated carbocycles. The number of aryl methyl sites for hydroxylation is 1. The number of fused-ring (bicyclic) bond motifs is 1. The van der Waals surface area contributed by atoms with Crippen LogP contribution in [0.5, 0.6) is 0 Å². The van der Waals surface area contributed by atoms with E-state index in [1.807, 2.05) is 6.20 Å². The van der Waals surface area contributed by atoms with E-state index in [0.29, 0.717) is 6.04 Å². The van der Waals surface area contributed by atoms with Crippen LogP contribution in [0.1, 0.15) is 23.5 Å². The highest BCUT2D eigenvalue weighted by Gasteiger charge is 2.25. The number of thiazole rings is 1. The second kappa shape index (κ2) is 6.45. The van der Waals surface area contributed by atoms with Crippen LogP contribution >= 0.6 is 11.3 Å². The molecule has 0 amide bonds. The van der Waals surface area contributed by atoms with Gasteiger partial charge >= 0.3 is 0 Å². The third kappa shape index (κ3) is 2.76. The van der Waals surface area contributed by atoms with Crippen molar-refractivity contribution in [3.05, 3.63) is 46.7 Å². The summed E-state index contributed by atoms with van der Waals surface area (Å²) in [5.41, 5.74) is 2.26. The molecule has 1 aliphatic heterocycles. The van der Waals surface area contributed by atoms with Crippen LogP contribution in [0.4, 0.5) is 5.82 Å². The summed E-state index contributed by atoms with van der Waals surface area (Å²) in [5, 5.41) is 4.41. The zero-order valence-corrected chi connectivity index (χ0v) is 14.8. The molecule has 1 aromatic carbocycles. The standard InChI is InChI=1S/C18H21N5S/c1-13-4-3-5-15-16(13)20-12-21-17(15)23-9-7-22(8-10-23)14(2)18-19-6-11-24-18/h3-6,11-12,14H,7-10H2,1-2H3. The van der Waals surface area contributed by atoms with E-state index in [1.54, 1.807) is 17.7 Å². The van der Waals surface area contributed by atoms with Crippen molar-refractivity contribution >= 4 is 28.1 Å². The van der Waals surface area contributed by atoms with Crippen LogP contribution < -0.4 is 4.90 Å². The Labute approximate surface area is 146 Å². The monoisotopic (exact) mass is 339 g/mol. The third-order valence-corrected chi connectivity index (χ3v) is 5.76. The van der Waals surface area contributed by atoms with Crippen molar-refractivity contribution in [3.63, 3.8) is 0 Å². The topological polar surface area (TPSA) is 45.2 Å². The Morgan fingerprint density at radius 2 is 1.92 bits per heavy atom. The Balaban J connectivity index is 1.53. The van der Waals surface area contributed by atoms with E-state index in [0.717, 1.165) is 42.9 Å². The number of rotatable bonds is 3. The molecule has 0 spiro atoms. The van der Waals surface area contributed by atoms with Gasteiger partial charge in [0.15, 0.2) is 0 Å². The summed E-state index contributed by atoms with van der Waals surface area (Å²) in [5.74, 6) is 1.06. The molecule has 0 radical (unpaired) electrons. The van der Waals surface area contributed by atoms with Gasteiger partial charge < -0.3 is 4.90 Å². The van der Waals surface area contributed by atoms with Gasteiger partial charge in [-0.05, 0) is 25.5 Å². The molecule has 1 fully saturated rings. The Morgan fingerprint density at radius 1 is 1.08 bits per heavy atom. The van der Waals surface area contributed by atoms with Gasteiger partial charge in [-0.25, -0.2) is 15.0 Å². The summed E-state index contributed by atoms with van der Waals surface area (Å²) < 4.78 is 0. The molecule has 4 rings (SSSR count). The lowest BCUT2D eigenvalue weighted by atomic mass is 10.1. The smallest absolute Gasteiger partial charge is 0.139 e. The predicted molar refractivity (Wildman–Crippen MR) is 98.6 cm³/mol. The molecule has 1 atom stereocenters. The molecular weight excluding hydrogens is 318 g/mol. The minimum Gasteiger partial charge on any atom is -0.353 e. The van der Waals surface area contributed by atoms with Gasteiger partial charge in [0, 0.05) is 43.1 Å². The average Bonchev–Trinajstić information content (AvgIpc) is 3.16. The van der Waals surface area contributed by atoms with Crippen LogP contribution in [-0.2, 0) is 0 Å². The number of anilines is 1. The Hall–Kier alpha value is -2.05. The van der Waals surface area contributed by atoms with Gasteiger partial charge in [-0.1, -0.05) is 12.1 Å². The van der Waals surface area contributed by atoms with E-state index >= 15 is 0 Å². The number of piperazine rings is 1. The fourth-order valence-electron chi connectivity index (χ4n) is 3.39. The van der Waals surface area contributed by atoms with Gasteiger partial charge in [-0.2, -0.15) is 0 Å². The van der Waals surface area contributed by atoms with Gasteiger partial charge in [0.2, 0.25) is 0 Å². The first kappa shape index (κ1) is 15.5. The van der Waals surface area contributed by atoms with Crippen LogP contribution in [0.2, 0.25) is 0 Å². The second-order valence-electron chi connectivity index (χ2n) is 6.24. The summed E-state index contributed by atoms with van der Waals surface area (Å²) in [4.78, 5) is 18.4. The molecule has 1 unspecified atom stereocenters. The van der Waals surface area contributed by atoms with E-state index < -0.39 is 0 Å². The van der Waals surface area contributed by atoms with E-state index in [2.05, 4.69) is 62.2 Å². The minimum atomic E-state index is 0.386. The van der Waals surface area contributed by atoms with E-state index in [4.69, 9.17) is 0 Å². The molecule has 1 aliphatic rings. The summed E-state index contributed by atoms with van der Waals surface area (Å²) in [7, 11) is 0. The lowest BCUT2D eigenvalue weighted by Crippen LogP contribution is -2.47. The Bertz CT molecular complexity index is 825. The number of hydrogen-bond donors (Lipinski definition) is 0. The van der Waals surface area contributed by atoms with Crippen molar-refractivity contribution < 1.29 is 0 Å². The van der Waals surface area contributed by atoms with Crippen molar-refractivity contribution in [2.24, 2.45) is 0 Å². The van der Waals surface area contributed by atoms with Gasteiger partial charge in [-0.3, -0.25) is 4.90 Å².